The van der Waals surface area contributed by atoms with Gasteiger partial charge in [0.25, 0.3) is 0 Å². The molecule has 4 aromatic rings. The molecule has 0 spiro atoms. The molecule has 0 aliphatic heterocycles. The fraction of sp³-hybridized carbons (Fsp3) is 0.684. The van der Waals surface area contributed by atoms with Crippen LogP contribution in [-0.4, -0.2) is 39.3 Å². The molecule has 5 rings (SSSR count). The van der Waals surface area contributed by atoms with Gasteiger partial charge in [-0.3, -0.25) is 14.0 Å². The second-order valence-corrected chi connectivity index (χ2v) is 17.2. The molecule has 1 aliphatic carbocycles. The van der Waals surface area contributed by atoms with Crippen LogP contribution in [0.2, 0.25) is 0 Å². The van der Waals surface area contributed by atoms with Crippen molar-refractivity contribution < 1.29 is 0 Å². The van der Waals surface area contributed by atoms with E-state index in [1.54, 1.807) is 0 Å². The number of nitrogens with zero attached hydrogens (tertiary/aromatic N) is 7. The molecule has 1 saturated carbocycles. The van der Waals surface area contributed by atoms with E-state index in [0.717, 1.165) is 11.7 Å². The predicted octanol–water partition coefficient (Wildman–Crippen LogP) is 8.97. The molecule has 0 unspecified atom stereocenters. The molecular weight excluding hydrogens is 568 g/mol. The zero-order valence-electron chi connectivity index (χ0n) is 32.9. The smallest absolute Gasteiger partial charge is 0.103 e. The number of aryl methyl sites for hydroxylation is 5. The van der Waals surface area contributed by atoms with Gasteiger partial charge in [-0.15, -0.1) is 0 Å². The van der Waals surface area contributed by atoms with Crippen LogP contribution in [0.3, 0.4) is 0 Å². The van der Waals surface area contributed by atoms with Crippen LogP contribution in [0.25, 0.3) is 0 Å². The normalized spacial score (nSPS) is 13.7. The topological polar surface area (TPSA) is 82.1 Å². The van der Waals surface area contributed by atoms with Gasteiger partial charge in [0.1, 0.15) is 5.82 Å². The first-order chi connectivity index (χ1) is 20.8. The lowest BCUT2D eigenvalue weighted by molar-refractivity contribution is 0.567. The quantitative estimate of drug-likeness (QED) is 0.227. The molecule has 0 amide bonds. The first-order valence-electron chi connectivity index (χ1n) is 16.8. The minimum atomic E-state index is 0.162. The van der Waals surface area contributed by atoms with Gasteiger partial charge >= 0.3 is 0 Å². The number of aromatic nitrogens is 8. The van der Waals surface area contributed by atoms with Gasteiger partial charge in [-0.1, -0.05) is 83.1 Å². The van der Waals surface area contributed by atoms with Crippen molar-refractivity contribution in [2.24, 2.45) is 21.1 Å². The van der Waals surface area contributed by atoms with Gasteiger partial charge in [0.05, 0.1) is 24.3 Å². The third-order valence-electron chi connectivity index (χ3n) is 8.56. The van der Waals surface area contributed by atoms with Crippen molar-refractivity contribution in [1.82, 2.24) is 39.3 Å². The number of nitrogens with one attached hydrogen (secondary N) is 1. The minimum Gasteiger partial charge on any atom is -0.346 e. The summed E-state index contributed by atoms with van der Waals surface area (Å²) in [7, 11) is 6.01. The molecule has 0 atom stereocenters. The highest BCUT2D eigenvalue weighted by atomic mass is 15.3. The minimum absolute atomic E-state index is 0.162. The SMILES string of the molecule is Cc1c(C(C)(C)C)cnn1C.Cc1c(C(C)(C)C)cnn1C.Cc1nc(C(C)(C)C)c(C)[nH]1.Cn1ncc(C(C)(C)C)c1C1CC1. The summed E-state index contributed by atoms with van der Waals surface area (Å²) in [6, 6.07) is 0. The number of aromatic amines is 1. The molecule has 0 aromatic carbocycles. The standard InChI is InChI=1S/C11H18N2.3C9H16N2/c1-11(2,3)9-7-12-13(4)10(9)8-5-6-8;2*1-7-8(9(2,3)4)6-10-11(7)5;1-6-8(9(3,4)5)11-7(2)10-6/h7-8H,5-6H2,1-4H3;2*6H,1-5H3;1-5H3,(H,10,11). The van der Waals surface area contributed by atoms with Crippen LogP contribution < -0.4 is 0 Å². The lowest BCUT2D eigenvalue weighted by atomic mass is 9.86. The molecule has 1 aliphatic rings. The fourth-order valence-electron chi connectivity index (χ4n) is 5.68. The molecule has 8 heteroatoms. The van der Waals surface area contributed by atoms with Gasteiger partial charge < -0.3 is 4.98 Å². The van der Waals surface area contributed by atoms with E-state index in [9.17, 15) is 0 Å². The summed E-state index contributed by atoms with van der Waals surface area (Å²) < 4.78 is 5.89. The van der Waals surface area contributed by atoms with Crippen molar-refractivity contribution in [3.8, 4) is 0 Å². The van der Waals surface area contributed by atoms with Gasteiger partial charge in [0, 0.05) is 55.3 Å². The maximum atomic E-state index is 4.43. The molecule has 4 heterocycles. The number of H-pyrrole nitrogens is 1. The first kappa shape index (κ1) is 39.0. The van der Waals surface area contributed by atoms with Gasteiger partial charge in [-0.05, 0) is 73.5 Å². The third kappa shape index (κ3) is 10.4. The van der Waals surface area contributed by atoms with E-state index >= 15 is 0 Å². The Hall–Kier alpha value is -3.16. The summed E-state index contributed by atoms with van der Waals surface area (Å²) in [4.78, 5) is 7.63. The molecule has 4 aromatic heterocycles. The molecule has 1 fully saturated rings. The Morgan fingerprint density at radius 1 is 0.565 bits per heavy atom. The van der Waals surface area contributed by atoms with E-state index < -0.39 is 0 Å². The molecule has 0 radical (unpaired) electrons. The van der Waals surface area contributed by atoms with Crippen LogP contribution in [0.5, 0.6) is 0 Å². The van der Waals surface area contributed by atoms with E-state index in [2.05, 4.69) is 141 Å². The number of hydrogen-bond donors (Lipinski definition) is 1. The molecule has 8 nitrogen and oxygen atoms in total. The summed E-state index contributed by atoms with van der Waals surface area (Å²) in [5.74, 6) is 1.80. The van der Waals surface area contributed by atoms with Crippen molar-refractivity contribution in [2.45, 2.75) is 151 Å². The second-order valence-electron chi connectivity index (χ2n) is 17.2. The monoisotopic (exact) mass is 635 g/mol. The summed E-state index contributed by atoms with van der Waals surface area (Å²) in [5, 5.41) is 12.8. The Bertz CT molecular complexity index is 1470. The molecular formula is C38H66N8. The Balaban J connectivity index is 0.000000214. The van der Waals surface area contributed by atoms with Crippen LogP contribution in [0.1, 0.15) is 153 Å². The highest BCUT2D eigenvalue weighted by molar-refractivity contribution is 5.31. The van der Waals surface area contributed by atoms with Crippen LogP contribution >= 0.6 is 0 Å². The van der Waals surface area contributed by atoms with Crippen molar-refractivity contribution in [1.29, 1.82) is 0 Å². The lowest BCUT2D eigenvalue weighted by Crippen LogP contribution is -2.13. The van der Waals surface area contributed by atoms with E-state index in [1.807, 2.05) is 49.0 Å². The Morgan fingerprint density at radius 3 is 1.15 bits per heavy atom. The molecule has 0 bridgehead atoms. The van der Waals surface area contributed by atoms with Gasteiger partial charge in [0.2, 0.25) is 0 Å². The van der Waals surface area contributed by atoms with Crippen LogP contribution in [0.4, 0.5) is 0 Å². The molecule has 1 N–H and O–H groups in total. The largest absolute Gasteiger partial charge is 0.346 e. The summed E-state index contributed by atoms with van der Waals surface area (Å²) in [5.41, 5.74) is 11.3. The van der Waals surface area contributed by atoms with Crippen molar-refractivity contribution in [3.05, 3.63) is 69.6 Å². The van der Waals surface area contributed by atoms with E-state index in [4.69, 9.17) is 0 Å². The van der Waals surface area contributed by atoms with Gasteiger partial charge in [-0.2, -0.15) is 15.3 Å². The molecule has 0 saturated heterocycles. The Kier molecular flexibility index (Phi) is 12.1. The van der Waals surface area contributed by atoms with E-state index in [0.29, 0.717) is 0 Å². The maximum Gasteiger partial charge on any atom is 0.103 e. The number of rotatable bonds is 1. The summed E-state index contributed by atoms with van der Waals surface area (Å²) in [6.45, 7) is 34.8. The average molecular weight is 635 g/mol. The zero-order valence-corrected chi connectivity index (χ0v) is 32.9. The third-order valence-corrected chi connectivity index (χ3v) is 8.56. The highest BCUT2D eigenvalue weighted by Gasteiger charge is 2.32. The maximum absolute atomic E-state index is 4.43. The van der Waals surface area contributed by atoms with Gasteiger partial charge in [-0.25, -0.2) is 4.98 Å². The second kappa shape index (κ2) is 14.3. The number of hydrogen-bond acceptors (Lipinski definition) is 4. The highest BCUT2D eigenvalue weighted by Crippen LogP contribution is 2.44. The summed E-state index contributed by atoms with van der Waals surface area (Å²) >= 11 is 0. The van der Waals surface area contributed by atoms with Crippen LogP contribution in [0, 0.1) is 27.7 Å². The van der Waals surface area contributed by atoms with Crippen molar-refractivity contribution in [3.63, 3.8) is 0 Å². The van der Waals surface area contributed by atoms with Crippen molar-refractivity contribution >= 4 is 0 Å². The van der Waals surface area contributed by atoms with E-state index in [-0.39, 0.29) is 21.7 Å². The predicted molar refractivity (Wildman–Crippen MR) is 194 cm³/mol. The fourth-order valence-corrected chi connectivity index (χ4v) is 5.68. The van der Waals surface area contributed by atoms with E-state index in [1.165, 1.54) is 58.0 Å². The lowest BCUT2D eigenvalue weighted by Gasteiger charge is -2.19. The van der Waals surface area contributed by atoms with Gasteiger partial charge in [0.15, 0.2) is 0 Å². The molecule has 258 valence electrons. The number of imidazole rings is 1. The molecule has 46 heavy (non-hydrogen) atoms. The Labute approximate surface area is 280 Å². The zero-order chi connectivity index (χ0) is 35.6. The van der Waals surface area contributed by atoms with Crippen LogP contribution in [0.15, 0.2) is 18.6 Å². The average Bonchev–Trinajstić information content (AvgIpc) is 3.19. The van der Waals surface area contributed by atoms with Crippen molar-refractivity contribution in [2.75, 3.05) is 0 Å². The Morgan fingerprint density at radius 2 is 0.935 bits per heavy atom. The summed E-state index contributed by atoms with van der Waals surface area (Å²) in [6.07, 6.45) is 8.64. The first-order valence-corrected chi connectivity index (χ1v) is 16.8. The van der Waals surface area contributed by atoms with Crippen LogP contribution in [-0.2, 0) is 42.8 Å².